The first-order valence-corrected chi connectivity index (χ1v) is 9.52. The minimum Gasteiger partial charge on any atom is -0.497 e. The van der Waals surface area contributed by atoms with E-state index >= 15 is 0 Å². The number of carbonyl (C=O) groups is 2. The quantitative estimate of drug-likeness (QED) is 0.566. The lowest BCUT2D eigenvalue weighted by molar-refractivity contribution is -0.127. The van der Waals surface area contributed by atoms with Crippen LogP contribution in [-0.2, 0) is 17.8 Å². The Morgan fingerprint density at radius 3 is 2.90 bits per heavy atom. The van der Waals surface area contributed by atoms with Gasteiger partial charge in [0.2, 0.25) is 5.88 Å². The maximum Gasteiger partial charge on any atom is 0.322 e. The number of imide groups is 1. The zero-order valence-electron chi connectivity index (χ0n) is 16.4. The molecule has 2 aliphatic rings. The molecule has 0 saturated carbocycles. The average molecular weight is 408 g/mol. The number of nitrogens with zero attached hydrogens (tertiary/aromatic N) is 2. The van der Waals surface area contributed by atoms with Crippen molar-refractivity contribution in [2.24, 2.45) is 0 Å². The molecule has 1 unspecified atom stereocenters. The highest BCUT2D eigenvalue weighted by atomic mass is 16.5. The Morgan fingerprint density at radius 1 is 1.33 bits per heavy atom. The summed E-state index contributed by atoms with van der Waals surface area (Å²) < 4.78 is 12.8. The number of fused-ring (bicyclic) bond motifs is 2. The number of carbonyl (C=O) groups excluding carboxylic acids is 2. The number of benzene rings is 1. The second-order valence-electron chi connectivity index (χ2n) is 7.64. The standard InChI is InChI=1S/C21H20N4O5/c1-11-3-4-12-7-16(30-17(12)22-11)21(19(27)23-20(28)24-21)10-25-9-13-5-6-14(29-2)8-15(13)18(25)26/h3-6,8-9,16,26H,7,10H2,1-2H3,(H2,23,24,27,28)/t16?,21-/m0/s1. The molecule has 2 aromatic heterocycles. The Hall–Kier alpha value is -3.75. The monoisotopic (exact) mass is 408 g/mol. The van der Waals surface area contributed by atoms with E-state index in [1.54, 1.807) is 30.0 Å². The zero-order chi connectivity index (χ0) is 21.0. The molecule has 2 atom stereocenters. The number of nitrogens with one attached hydrogen (secondary N) is 2. The number of rotatable bonds is 4. The van der Waals surface area contributed by atoms with Gasteiger partial charge < -0.3 is 24.5 Å². The summed E-state index contributed by atoms with van der Waals surface area (Å²) in [7, 11) is 1.55. The van der Waals surface area contributed by atoms with Crippen LogP contribution < -0.4 is 20.1 Å². The molecule has 0 spiro atoms. The average Bonchev–Trinajstić information content (AvgIpc) is 3.36. The second kappa shape index (κ2) is 6.38. The molecule has 5 rings (SSSR count). The highest BCUT2D eigenvalue weighted by molar-refractivity contribution is 6.07. The molecule has 1 aromatic carbocycles. The van der Waals surface area contributed by atoms with Crippen molar-refractivity contribution < 1.29 is 24.2 Å². The molecule has 4 heterocycles. The fourth-order valence-electron chi connectivity index (χ4n) is 4.16. The summed E-state index contributed by atoms with van der Waals surface area (Å²) in [6.07, 6.45) is 1.47. The van der Waals surface area contributed by atoms with Crippen molar-refractivity contribution in [1.29, 1.82) is 0 Å². The van der Waals surface area contributed by atoms with Crippen LogP contribution in [0, 0.1) is 6.92 Å². The van der Waals surface area contributed by atoms with Crippen molar-refractivity contribution in [3.8, 4) is 17.5 Å². The Bertz CT molecular complexity index is 1200. The van der Waals surface area contributed by atoms with Crippen LogP contribution in [0.15, 0.2) is 36.5 Å². The molecule has 2 aliphatic heterocycles. The number of urea groups is 1. The lowest BCUT2D eigenvalue weighted by Gasteiger charge is -2.31. The Kier molecular flexibility index (Phi) is 3.89. The number of ether oxygens (including phenoxy) is 2. The van der Waals surface area contributed by atoms with Crippen molar-refractivity contribution in [2.75, 3.05) is 7.11 Å². The van der Waals surface area contributed by atoms with E-state index in [9.17, 15) is 14.7 Å². The minimum absolute atomic E-state index is 0.00889. The van der Waals surface area contributed by atoms with Gasteiger partial charge in [0, 0.05) is 34.6 Å². The van der Waals surface area contributed by atoms with Gasteiger partial charge in [-0.1, -0.05) is 6.07 Å². The second-order valence-corrected chi connectivity index (χ2v) is 7.64. The molecule has 30 heavy (non-hydrogen) atoms. The predicted molar refractivity (Wildman–Crippen MR) is 107 cm³/mol. The molecule has 0 radical (unpaired) electrons. The SMILES string of the molecule is COc1ccc2cn(C[C@@]3(C4Cc5ccc(C)nc5O4)NC(=O)NC3=O)c(O)c2c1. The van der Waals surface area contributed by atoms with Crippen LogP contribution in [0.5, 0.6) is 17.5 Å². The topological polar surface area (TPSA) is 115 Å². The number of aromatic nitrogens is 2. The van der Waals surface area contributed by atoms with Crippen LogP contribution in [0.3, 0.4) is 0 Å². The summed E-state index contributed by atoms with van der Waals surface area (Å²) in [6, 6.07) is 8.52. The van der Waals surface area contributed by atoms with Crippen LogP contribution in [0.4, 0.5) is 4.79 Å². The smallest absolute Gasteiger partial charge is 0.322 e. The van der Waals surface area contributed by atoms with Crippen molar-refractivity contribution in [3.05, 3.63) is 47.8 Å². The first kappa shape index (κ1) is 18.3. The summed E-state index contributed by atoms with van der Waals surface area (Å²) in [6.45, 7) is 1.85. The summed E-state index contributed by atoms with van der Waals surface area (Å²) in [5.41, 5.74) is 0.264. The maximum atomic E-state index is 12.9. The van der Waals surface area contributed by atoms with E-state index in [4.69, 9.17) is 9.47 Å². The lowest BCUT2D eigenvalue weighted by Crippen LogP contribution is -2.60. The Morgan fingerprint density at radius 2 is 2.17 bits per heavy atom. The van der Waals surface area contributed by atoms with Crippen molar-refractivity contribution in [2.45, 2.75) is 31.5 Å². The van der Waals surface area contributed by atoms with E-state index in [2.05, 4.69) is 15.6 Å². The van der Waals surface area contributed by atoms with Gasteiger partial charge in [-0.2, -0.15) is 0 Å². The zero-order valence-corrected chi connectivity index (χ0v) is 16.4. The molecular weight excluding hydrogens is 388 g/mol. The fraction of sp³-hybridized carbons (Fsp3) is 0.286. The van der Waals surface area contributed by atoms with Crippen molar-refractivity contribution in [1.82, 2.24) is 20.2 Å². The Balaban J connectivity index is 1.55. The van der Waals surface area contributed by atoms with Crippen LogP contribution in [0.25, 0.3) is 10.8 Å². The normalized spacial score (nSPS) is 22.5. The van der Waals surface area contributed by atoms with E-state index in [1.807, 2.05) is 25.1 Å². The third-order valence-corrected chi connectivity index (χ3v) is 5.74. The number of aryl methyl sites for hydroxylation is 1. The highest BCUT2D eigenvalue weighted by Crippen LogP contribution is 2.37. The van der Waals surface area contributed by atoms with Gasteiger partial charge in [0.1, 0.15) is 11.9 Å². The molecule has 9 nitrogen and oxygen atoms in total. The van der Waals surface area contributed by atoms with Crippen LogP contribution in [0.2, 0.25) is 0 Å². The van der Waals surface area contributed by atoms with Gasteiger partial charge in [0.25, 0.3) is 5.91 Å². The largest absolute Gasteiger partial charge is 0.497 e. The minimum atomic E-state index is -1.40. The lowest BCUT2D eigenvalue weighted by atomic mass is 9.89. The molecule has 3 aromatic rings. The van der Waals surface area contributed by atoms with Crippen LogP contribution in [0.1, 0.15) is 11.3 Å². The molecule has 0 bridgehead atoms. The maximum absolute atomic E-state index is 12.9. The van der Waals surface area contributed by atoms with Crippen molar-refractivity contribution >= 4 is 22.7 Å². The van der Waals surface area contributed by atoms with Gasteiger partial charge in [0.05, 0.1) is 13.7 Å². The Labute approximate surface area is 171 Å². The van der Waals surface area contributed by atoms with Gasteiger partial charge in [-0.15, -0.1) is 0 Å². The summed E-state index contributed by atoms with van der Waals surface area (Å²) in [4.78, 5) is 29.4. The van der Waals surface area contributed by atoms with E-state index < -0.39 is 23.6 Å². The van der Waals surface area contributed by atoms with Gasteiger partial charge >= 0.3 is 6.03 Å². The number of pyridine rings is 1. The number of hydrogen-bond donors (Lipinski definition) is 3. The summed E-state index contributed by atoms with van der Waals surface area (Å²) in [5.74, 6) is 0.534. The third-order valence-electron chi connectivity index (χ3n) is 5.74. The molecule has 1 saturated heterocycles. The van der Waals surface area contributed by atoms with E-state index in [1.165, 1.54) is 0 Å². The van der Waals surface area contributed by atoms with E-state index in [0.29, 0.717) is 23.4 Å². The molecule has 9 heteroatoms. The molecule has 3 N–H and O–H groups in total. The number of aromatic hydroxyl groups is 1. The highest BCUT2D eigenvalue weighted by Gasteiger charge is 2.56. The van der Waals surface area contributed by atoms with E-state index in [-0.39, 0.29) is 12.4 Å². The summed E-state index contributed by atoms with van der Waals surface area (Å²) in [5, 5.41) is 17.2. The van der Waals surface area contributed by atoms with Gasteiger partial charge in [-0.25, -0.2) is 9.78 Å². The predicted octanol–water partition coefficient (Wildman–Crippen LogP) is 1.64. The van der Waals surface area contributed by atoms with E-state index in [0.717, 1.165) is 16.6 Å². The first-order valence-electron chi connectivity index (χ1n) is 9.52. The fourth-order valence-corrected chi connectivity index (χ4v) is 4.16. The van der Waals surface area contributed by atoms with Gasteiger partial charge in [-0.3, -0.25) is 10.1 Å². The molecular formula is C21H20N4O5. The van der Waals surface area contributed by atoms with Crippen molar-refractivity contribution in [3.63, 3.8) is 0 Å². The number of hydrogen-bond acceptors (Lipinski definition) is 6. The third kappa shape index (κ3) is 2.66. The van der Waals surface area contributed by atoms with Crippen LogP contribution in [-0.4, -0.2) is 45.3 Å². The van der Waals surface area contributed by atoms with Gasteiger partial charge in [-0.05, 0) is 31.2 Å². The molecule has 3 amide bonds. The molecule has 0 aliphatic carbocycles. The molecule has 154 valence electrons. The van der Waals surface area contributed by atoms with Crippen LogP contribution >= 0.6 is 0 Å². The summed E-state index contributed by atoms with van der Waals surface area (Å²) >= 11 is 0. The number of methoxy groups -OCH3 is 1. The van der Waals surface area contributed by atoms with Gasteiger partial charge in [0.15, 0.2) is 11.4 Å². The number of amides is 3. The molecule has 1 fully saturated rings. The first-order chi connectivity index (χ1) is 14.4.